The van der Waals surface area contributed by atoms with Gasteiger partial charge in [-0.25, -0.2) is 14.8 Å². The number of benzene rings is 2. The molecule has 2 N–H and O–H groups in total. The van der Waals surface area contributed by atoms with Crippen LogP contribution in [0.2, 0.25) is 0 Å². The Balaban J connectivity index is 1.37. The molecule has 1 fully saturated rings. The average Bonchev–Trinajstić information content (AvgIpc) is 2.87. The number of nitrogens with one attached hydrogen (secondary N) is 2. The van der Waals surface area contributed by atoms with E-state index < -0.39 is 35.0 Å². The lowest BCUT2D eigenvalue weighted by molar-refractivity contribution is -0.141. The molecule has 13 heteroatoms. The lowest BCUT2D eigenvalue weighted by Gasteiger charge is -2.38. The molecule has 1 aliphatic carbocycles. The number of aromatic nitrogens is 2. The predicted octanol–water partition coefficient (Wildman–Crippen LogP) is 3.80. The Kier molecular flexibility index (Phi) is 7.46. The van der Waals surface area contributed by atoms with Gasteiger partial charge in [0.25, 0.3) is 0 Å². The zero-order valence-electron chi connectivity index (χ0n) is 19.9. The minimum absolute atomic E-state index is 0.0225. The molecular formula is C25H21F3N4O6. The summed E-state index contributed by atoms with van der Waals surface area (Å²) < 4.78 is 55.6. The summed E-state index contributed by atoms with van der Waals surface area (Å²) in [6, 6.07) is 9.38. The van der Waals surface area contributed by atoms with Crippen molar-refractivity contribution in [1.82, 2.24) is 20.6 Å². The van der Waals surface area contributed by atoms with Crippen LogP contribution in [0.25, 0.3) is 0 Å². The van der Waals surface area contributed by atoms with Gasteiger partial charge >= 0.3 is 12.3 Å². The molecule has 1 aromatic heterocycles. The second kappa shape index (κ2) is 10.7. The minimum Gasteiger partial charge on any atom is -0.497 e. The summed E-state index contributed by atoms with van der Waals surface area (Å²) in [5, 5.41) is 5.09. The zero-order chi connectivity index (χ0) is 27.3. The molecule has 2 amide bonds. The van der Waals surface area contributed by atoms with Crippen LogP contribution < -0.4 is 24.8 Å². The Morgan fingerprint density at radius 2 is 1.66 bits per heavy atom. The smallest absolute Gasteiger partial charge is 0.420 e. The maximum Gasteiger partial charge on any atom is 0.420 e. The van der Waals surface area contributed by atoms with Crippen LogP contribution in [0.15, 0.2) is 61.2 Å². The van der Waals surface area contributed by atoms with Crippen LogP contribution >= 0.6 is 0 Å². The predicted molar refractivity (Wildman–Crippen MR) is 125 cm³/mol. The van der Waals surface area contributed by atoms with E-state index in [0.717, 1.165) is 12.1 Å². The van der Waals surface area contributed by atoms with Crippen molar-refractivity contribution < 1.29 is 41.8 Å². The number of amides is 2. The van der Waals surface area contributed by atoms with Gasteiger partial charge in [0.15, 0.2) is 5.75 Å². The highest BCUT2D eigenvalue weighted by molar-refractivity contribution is 6.04. The summed E-state index contributed by atoms with van der Waals surface area (Å²) in [4.78, 5) is 44.2. The second-order valence-corrected chi connectivity index (χ2v) is 8.35. The van der Waals surface area contributed by atoms with Crippen molar-refractivity contribution in [3.05, 3.63) is 72.3 Å². The molecule has 10 nitrogen and oxygen atoms in total. The van der Waals surface area contributed by atoms with Gasteiger partial charge in [-0.15, -0.1) is 0 Å². The third kappa shape index (κ3) is 6.17. The number of Topliss-reactive ketones (excluding diaryl/α,β-unsaturated/α-hetero) is 1. The summed E-state index contributed by atoms with van der Waals surface area (Å²) in [6.07, 6.45) is -2.22. The largest absolute Gasteiger partial charge is 0.497 e. The molecule has 2 aromatic carbocycles. The van der Waals surface area contributed by atoms with Gasteiger partial charge in [0.1, 0.15) is 40.5 Å². The number of halogens is 3. The third-order valence-electron chi connectivity index (χ3n) is 5.62. The van der Waals surface area contributed by atoms with Crippen molar-refractivity contribution in [2.75, 3.05) is 7.11 Å². The number of carbonyl (C=O) groups is 3. The SMILES string of the molecule is COc1ccc(Oc2ccc(CNC(=O)C3(NC(=O)Oc4cncnc4)CC(=O)C3)cc2)c(C(F)(F)F)c1. The molecule has 0 spiro atoms. The van der Waals surface area contributed by atoms with Gasteiger partial charge in [-0.05, 0) is 35.9 Å². The summed E-state index contributed by atoms with van der Waals surface area (Å²) in [6.45, 7) is 0.0225. The molecule has 0 unspecified atom stereocenters. The van der Waals surface area contributed by atoms with Gasteiger partial charge < -0.3 is 24.8 Å². The summed E-state index contributed by atoms with van der Waals surface area (Å²) in [5.41, 5.74) is -1.85. The van der Waals surface area contributed by atoms with Gasteiger partial charge in [0.2, 0.25) is 5.91 Å². The molecule has 38 heavy (non-hydrogen) atoms. The van der Waals surface area contributed by atoms with Crippen molar-refractivity contribution in [3.8, 4) is 23.0 Å². The van der Waals surface area contributed by atoms with Crippen molar-refractivity contribution in [1.29, 1.82) is 0 Å². The number of nitrogens with zero attached hydrogens (tertiary/aromatic N) is 2. The Hall–Kier alpha value is -4.68. The molecule has 0 radical (unpaired) electrons. The van der Waals surface area contributed by atoms with E-state index in [-0.39, 0.29) is 42.4 Å². The van der Waals surface area contributed by atoms with Crippen molar-refractivity contribution >= 4 is 17.8 Å². The highest BCUT2D eigenvalue weighted by atomic mass is 19.4. The van der Waals surface area contributed by atoms with E-state index >= 15 is 0 Å². The summed E-state index contributed by atoms with van der Waals surface area (Å²) in [5.74, 6) is -0.945. The Morgan fingerprint density at radius 1 is 1.00 bits per heavy atom. The average molecular weight is 530 g/mol. The van der Waals surface area contributed by atoms with E-state index in [1.165, 1.54) is 44.0 Å². The molecule has 198 valence electrons. The molecule has 4 rings (SSSR count). The maximum absolute atomic E-state index is 13.4. The fourth-order valence-corrected chi connectivity index (χ4v) is 3.69. The van der Waals surface area contributed by atoms with Crippen LogP contribution in [-0.4, -0.2) is 40.4 Å². The molecule has 0 saturated heterocycles. The first-order valence-corrected chi connectivity index (χ1v) is 11.1. The molecule has 1 saturated carbocycles. The van der Waals surface area contributed by atoms with Crippen LogP contribution in [0.5, 0.6) is 23.0 Å². The quantitative estimate of drug-likeness (QED) is 0.450. The van der Waals surface area contributed by atoms with E-state index in [2.05, 4.69) is 20.6 Å². The molecule has 3 aromatic rings. The molecule has 1 heterocycles. The Morgan fingerprint density at radius 3 is 2.26 bits per heavy atom. The van der Waals surface area contributed by atoms with Crippen LogP contribution in [0.3, 0.4) is 0 Å². The first kappa shape index (κ1) is 26.4. The van der Waals surface area contributed by atoms with Crippen molar-refractivity contribution in [3.63, 3.8) is 0 Å². The first-order chi connectivity index (χ1) is 18.1. The molecular weight excluding hydrogens is 509 g/mol. The van der Waals surface area contributed by atoms with E-state index in [1.54, 1.807) is 12.1 Å². The van der Waals surface area contributed by atoms with E-state index in [9.17, 15) is 27.6 Å². The van der Waals surface area contributed by atoms with Crippen LogP contribution in [0.4, 0.5) is 18.0 Å². The third-order valence-corrected chi connectivity index (χ3v) is 5.62. The van der Waals surface area contributed by atoms with Crippen LogP contribution in [0, 0.1) is 0 Å². The summed E-state index contributed by atoms with van der Waals surface area (Å²) >= 11 is 0. The number of alkyl halides is 3. The number of rotatable bonds is 8. The molecule has 0 aliphatic heterocycles. The standard InChI is InChI=1S/C25H21F3N4O6/c1-36-18-6-7-21(20(8-18)25(26,27)28)37-17-4-2-15(3-5-17)11-31-22(34)24(9-16(33)10-24)32-23(35)38-19-12-29-14-30-13-19/h2-8,12-14H,9-11H2,1H3,(H,31,34)(H,32,35). The number of ketones is 1. The van der Waals surface area contributed by atoms with Crippen molar-refractivity contribution in [2.45, 2.75) is 31.1 Å². The van der Waals surface area contributed by atoms with Crippen molar-refractivity contribution in [2.24, 2.45) is 0 Å². The second-order valence-electron chi connectivity index (χ2n) is 8.35. The monoisotopic (exact) mass is 530 g/mol. The van der Waals surface area contributed by atoms with Gasteiger partial charge in [-0.1, -0.05) is 12.1 Å². The fraction of sp³-hybridized carbons (Fsp3) is 0.240. The van der Waals surface area contributed by atoms with Gasteiger partial charge in [-0.2, -0.15) is 13.2 Å². The Labute approximate surface area is 214 Å². The van der Waals surface area contributed by atoms with Crippen LogP contribution in [0.1, 0.15) is 24.0 Å². The molecule has 0 bridgehead atoms. The number of ether oxygens (including phenoxy) is 3. The number of hydrogen-bond donors (Lipinski definition) is 2. The maximum atomic E-state index is 13.4. The first-order valence-electron chi connectivity index (χ1n) is 11.1. The number of methoxy groups -OCH3 is 1. The molecule has 0 atom stereocenters. The highest BCUT2D eigenvalue weighted by Gasteiger charge is 2.51. The summed E-state index contributed by atoms with van der Waals surface area (Å²) in [7, 11) is 1.26. The lowest BCUT2D eigenvalue weighted by atomic mass is 9.75. The van der Waals surface area contributed by atoms with Gasteiger partial charge in [0, 0.05) is 19.4 Å². The fourth-order valence-electron chi connectivity index (χ4n) is 3.69. The Bertz CT molecular complexity index is 1330. The number of carbonyl (C=O) groups excluding carboxylic acids is 3. The lowest BCUT2D eigenvalue weighted by Crippen LogP contribution is -2.66. The number of hydrogen-bond acceptors (Lipinski definition) is 8. The normalized spacial score (nSPS) is 14.2. The van der Waals surface area contributed by atoms with E-state index in [4.69, 9.17) is 14.2 Å². The van der Waals surface area contributed by atoms with E-state index in [0.29, 0.717) is 5.56 Å². The highest BCUT2D eigenvalue weighted by Crippen LogP contribution is 2.40. The molecule has 1 aliphatic rings. The minimum atomic E-state index is -4.65. The van der Waals surface area contributed by atoms with E-state index in [1.807, 2.05) is 0 Å². The topological polar surface area (TPSA) is 129 Å². The van der Waals surface area contributed by atoms with Crippen LogP contribution in [-0.2, 0) is 22.3 Å². The van der Waals surface area contributed by atoms with Gasteiger partial charge in [-0.3, -0.25) is 9.59 Å². The van der Waals surface area contributed by atoms with Gasteiger partial charge in [0.05, 0.1) is 19.5 Å². The zero-order valence-corrected chi connectivity index (χ0v) is 19.9.